The second-order valence-electron chi connectivity index (χ2n) is 5.51. The molecule has 0 aliphatic heterocycles. The van der Waals surface area contributed by atoms with Gasteiger partial charge in [-0.05, 0) is 42.9 Å². The van der Waals surface area contributed by atoms with Crippen molar-refractivity contribution in [3.63, 3.8) is 0 Å². The smallest absolute Gasteiger partial charge is 0.0236 e. The van der Waals surface area contributed by atoms with Crippen LogP contribution < -0.4 is 0 Å². The minimum Gasteiger partial charge on any atom is -0.0594 e. The first-order valence-corrected chi connectivity index (χ1v) is 6.05. The molecule has 0 aromatic carbocycles. The first-order chi connectivity index (χ1) is 6.22. The van der Waals surface area contributed by atoms with Crippen molar-refractivity contribution in [3.05, 3.63) is 5.92 Å². The van der Waals surface area contributed by atoms with Crippen LogP contribution in [-0.4, -0.2) is 0 Å². The molecule has 0 aromatic rings. The summed E-state index contributed by atoms with van der Waals surface area (Å²) in [5.41, 5.74) is 0.693. The van der Waals surface area contributed by atoms with Crippen LogP contribution in [0, 0.1) is 17.3 Å². The van der Waals surface area contributed by atoms with E-state index >= 15 is 0 Å². The molecule has 0 saturated heterocycles. The highest BCUT2D eigenvalue weighted by Crippen LogP contribution is 2.51. The Hall–Kier alpha value is 0. The molecule has 13 heavy (non-hydrogen) atoms. The van der Waals surface area contributed by atoms with Gasteiger partial charge < -0.3 is 0 Å². The third-order valence-electron chi connectivity index (χ3n) is 4.50. The fourth-order valence-electron chi connectivity index (χ4n) is 3.66. The molecule has 1 atom stereocenters. The Morgan fingerprint density at radius 3 is 2.31 bits per heavy atom. The quantitative estimate of drug-likeness (QED) is 0.561. The van der Waals surface area contributed by atoms with Gasteiger partial charge in [0.05, 0.1) is 0 Å². The van der Waals surface area contributed by atoms with Gasteiger partial charge in [-0.25, -0.2) is 0 Å². The highest BCUT2D eigenvalue weighted by molar-refractivity contribution is 5.05. The zero-order valence-electron chi connectivity index (χ0n) is 9.23. The Bertz CT molecular complexity index is 165. The van der Waals surface area contributed by atoms with Crippen molar-refractivity contribution in [2.24, 2.45) is 11.3 Å². The van der Waals surface area contributed by atoms with Crippen LogP contribution in [-0.2, 0) is 0 Å². The number of rotatable bonds is 1. The summed E-state index contributed by atoms with van der Waals surface area (Å²) in [6.45, 7) is 4.95. The summed E-state index contributed by atoms with van der Waals surface area (Å²) in [6.07, 6.45) is 11.8. The van der Waals surface area contributed by atoms with Gasteiger partial charge in [0.2, 0.25) is 0 Å². The number of hydrogen-bond donors (Lipinski definition) is 0. The van der Waals surface area contributed by atoms with E-state index in [2.05, 4.69) is 13.8 Å². The second-order valence-corrected chi connectivity index (χ2v) is 5.51. The van der Waals surface area contributed by atoms with Crippen molar-refractivity contribution < 1.29 is 0 Å². The van der Waals surface area contributed by atoms with E-state index in [0.717, 1.165) is 5.92 Å². The Morgan fingerprint density at radius 2 is 1.77 bits per heavy atom. The predicted molar refractivity (Wildman–Crippen MR) is 57.5 cm³/mol. The standard InChI is InChI=1S/C13H23/c1-11-7-6-8-12(11)13(2)9-4-3-5-10-13/h12H,3-10H2,1-2H3. The molecule has 75 valence electrons. The zero-order chi connectivity index (χ0) is 9.31. The predicted octanol–water partition coefficient (Wildman–Crippen LogP) is 4.35. The maximum atomic E-state index is 2.55. The third kappa shape index (κ3) is 1.78. The van der Waals surface area contributed by atoms with Crippen LogP contribution in [0.15, 0.2) is 0 Å². The molecule has 2 saturated carbocycles. The Labute approximate surface area is 83.1 Å². The third-order valence-corrected chi connectivity index (χ3v) is 4.50. The maximum absolute atomic E-state index is 2.55. The SMILES string of the molecule is C[C]1CCCC1C1(C)CCCCC1. The summed E-state index contributed by atoms with van der Waals surface area (Å²) in [4.78, 5) is 0. The number of hydrogen-bond acceptors (Lipinski definition) is 0. The van der Waals surface area contributed by atoms with Gasteiger partial charge in [0.25, 0.3) is 0 Å². The second kappa shape index (κ2) is 3.63. The van der Waals surface area contributed by atoms with Gasteiger partial charge in [-0.3, -0.25) is 0 Å². The highest BCUT2D eigenvalue weighted by Gasteiger charge is 2.40. The molecule has 0 aromatic heterocycles. The lowest BCUT2D eigenvalue weighted by molar-refractivity contribution is 0.133. The molecule has 2 rings (SSSR count). The molecule has 0 heteroatoms. The summed E-state index contributed by atoms with van der Waals surface area (Å²) in [7, 11) is 0. The van der Waals surface area contributed by atoms with Crippen LogP contribution in [0.1, 0.15) is 65.2 Å². The van der Waals surface area contributed by atoms with Crippen LogP contribution in [0.2, 0.25) is 0 Å². The van der Waals surface area contributed by atoms with Gasteiger partial charge in [-0.2, -0.15) is 0 Å². The Morgan fingerprint density at radius 1 is 1.08 bits per heavy atom. The first kappa shape index (κ1) is 9.55. The average Bonchev–Trinajstić information content (AvgIpc) is 2.53. The average molecular weight is 179 g/mol. The topological polar surface area (TPSA) is 0 Å². The summed E-state index contributed by atoms with van der Waals surface area (Å²) in [5.74, 6) is 2.79. The van der Waals surface area contributed by atoms with Crippen LogP contribution in [0.25, 0.3) is 0 Å². The molecule has 1 radical (unpaired) electrons. The van der Waals surface area contributed by atoms with E-state index in [0.29, 0.717) is 5.41 Å². The largest absolute Gasteiger partial charge is 0.0594 e. The summed E-state index contributed by atoms with van der Waals surface area (Å²) < 4.78 is 0. The lowest BCUT2D eigenvalue weighted by Gasteiger charge is -2.41. The van der Waals surface area contributed by atoms with Crippen molar-refractivity contribution in [1.29, 1.82) is 0 Å². The van der Waals surface area contributed by atoms with Gasteiger partial charge in [-0.15, -0.1) is 0 Å². The minimum atomic E-state index is 0.693. The molecule has 0 amide bonds. The van der Waals surface area contributed by atoms with E-state index in [1.165, 1.54) is 51.4 Å². The van der Waals surface area contributed by atoms with Crippen molar-refractivity contribution in [2.75, 3.05) is 0 Å². The normalized spacial score (nSPS) is 35.1. The molecule has 0 N–H and O–H groups in total. The van der Waals surface area contributed by atoms with Gasteiger partial charge in [0.15, 0.2) is 0 Å². The van der Waals surface area contributed by atoms with Crippen LogP contribution in [0.4, 0.5) is 0 Å². The fraction of sp³-hybridized carbons (Fsp3) is 0.923. The van der Waals surface area contributed by atoms with Gasteiger partial charge in [-0.1, -0.05) is 39.5 Å². The Kier molecular flexibility index (Phi) is 2.67. The van der Waals surface area contributed by atoms with E-state index in [1.54, 1.807) is 0 Å². The van der Waals surface area contributed by atoms with Crippen LogP contribution >= 0.6 is 0 Å². The van der Waals surface area contributed by atoms with Gasteiger partial charge >= 0.3 is 0 Å². The molecule has 2 aliphatic rings. The highest BCUT2D eigenvalue weighted by atomic mass is 14.4. The molecule has 2 fully saturated rings. The lowest BCUT2D eigenvalue weighted by atomic mass is 9.64. The van der Waals surface area contributed by atoms with Gasteiger partial charge in [0.1, 0.15) is 0 Å². The molecular formula is C13H23. The monoisotopic (exact) mass is 179 g/mol. The summed E-state index contributed by atoms with van der Waals surface area (Å²) in [6, 6.07) is 0. The van der Waals surface area contributed by atoms with Crippen molar-refractivity contribution >= 4 is 0 Å². The summed E-state index contributed by atoms with van der Waals surface area (Å²) in [5, 5.41) is 0. The molecule has 0 bridgehead atoms. The van der Waals surface area contributed by atoms with Crippen LogP contribution in [0.3, 0.4) is 0 Å². The molecule has 2 aliphatic carbocycles. The molecule has 0 heterocycles. The maximum Gasteiger partial charge on any atom is -0.0236 e. The Balaban J connectivity index is 2.03. The van der Waals surface area contributed by atoms with Crippen molar-refractivity contribution in [1.82, 2.24) is 0 Å². The van der Waals surface area contributed by atoms with Gasteiger partial charge in [0, 0.05) is 0 Å². The lowest BCUT2D eigenvalue weighted by Crippen LogP contribution is -2.30. The molecular weight excluding hydrogens is 156 g/mol. The molecule has 1 unspecified atom stereocenters. The van der Waals surface area contributed by atoms with E-state index in [9.17, 15) is 0 Å². The molecule has 0 spiro atoms. The van der Waals surface area contributed by atoms with Crippen molar-refractivity contribution in [3.8, 4) is 0 Å². The van der Waals surface area contributed by atoms with Crippen molar-refractivity contribution in [2.45, 2.75) is 65.2 Å². The van der Waals surface area contributed by atoms with E-state index in [4.69, 9.17) is 0 Å². The summed E-state index contributed by atoms with van der Waals surface area (Å²) >= 11 is 0. The van der Waals surface area contributed by atoms with E-state index in [-0.39, 0.29) is 0 Å². The first-order valence-electron chi connectivity index (χ1n) is 6.05. The van der Waals surface area contributed by atoms with E-state index in [1.807, 2.05) is 5.92 Å². The minimum absolute atomic E-state index is 0.693. The van der Waals surface area contributed by atoms with Crippen LogP contribution in [0.5, 0.6) is 0 Å². The zero-order valence-corrected chi connectivity index (χ0v) is 9.23. The van der Waals surface area contributed by atoms with E-state index < -0.39 is 0 Å². The molecule has 0 nitrogen and oxygen atoms in total. The fourth-order valence-corrected chi connectivity index (χ4v) is 3.66.